The first kappa shape index (κ1) is 19.3. The molecule has 2 aromatic rings. The summed E-state index contributed by atoms with van der Waals surface area (Å²) in [4.78, 5) is 0. The fourth-order valence-electron chi connectivity index (χ4n) is 6.90. The fraction of sp³-hybridized carbons (Fsp3) is 0.652. The van der Waals surface area contributed by atoms with Gasteiger partial charge in [-0.3, -0.25) is 0 Å². The molecule has 1 aromatic heterocycles. The molecular formula is C23H31BO5. The summed E-state index contributed by atoms with van der Waals surface area (Å²) in [7, 11) is -1.91. The van der Waals surface area contributed by atoms with E-state index >= 15 is 0 Å². The molecule has 0 bridgehead atoms. The number of fused-ring (bicyclic) bond motifs is 5. The van der Waals surface area contributed by atoms with E-state index in [1.54, 1.807) is 6.07 Å². The molecule has 3 aliphatic carbocycles. The molecule has 2 saturated carbocycles. The van der Waals surface area contributed by atoms with Gasteiger partial charge in [-0.25, -0.2) is 0 Å². The van der Waals surface area contributed by atoms with Gasteiger partial charge in [0, 0.05) is 16.9 Å². The first-order chi connectivity index (χ1) is 13.6. The van der Waals surface area contributed by atoms with Crippen molar-refractivity contribution < 1.29 is 24.7 Å². The summed E-state index contributed by atoms with van der Waals surface area (Å²) in [6.07, 6.45) is 8.06. The maximum Gasteiger partial charge on any atom is 0.496 e. The molecule has 6 heteroatoms. The third-order valence-electron chi connectivity index (χ3n) is 8.35. The number of aromatic hydroxyl groups is 2. The van der Waals surface area contributed by atoms with Gasteiger partial charge in [0.05, 0.1) is 5.46 Å². The lowest BCUT2D eigenvalue weighted by molar-refractivity contribution is 0.0501. The van der Waals surface area contributed by atoms with Gasteiger partial charge in [0.1, 0.15) is 11.3 Å². The number of hydrogen-bond donors (Lipinski definition) is 4. The van der Waals surface area contributed by atoms with Crippen LogP contribution in [0.4, 0.5) is 0 Å². The first-order valence-electron chi connectivity index (χ1n) is 11.0. The highest BCUT2D eigenvalue weighted by Crippen LogP contribution is 2.62. The summed E-state index contributed by atoms with van der Waals surface area (Å²) < 4.78 is 6.40. The number of rotatable bonds is 2. The minimum atomic E-state index is -1.91. The van der Waals surface area contributed by atoms with Crippen LogP contribution in [0.1, 0.15) is 83.0 Å². The van der Waals surface area contributed by atoms with Crippen molar-refractivity contribution in [2.24, 2.45) is 17.3 Å². The average molecular weight is 398 g/mol. The van der Waals surface area contributed by atoms with Gasteiger partial charge in [0.25, 0.3) is 0 Å². The minimum absolute atomic E-state index is 0.104. The Bertz CT molecular complexity index is 974. The highest BCUT2D eigenvalue weighted by Gasteiger charge is 2.53. The van der Waals surface area contributed by atoms with E-state index in [9.17, 15) is 20.3 Å². The van der Waals surface area contributed by atoms with E-state index in [2.05, 4.69) is 20.8 Å². The van der Waals surface area contributed by atoms with Crippen LogP contribution >= 0.6 is 0 Å². The van der Waals surface area contributed by atoms with Crippen LogP contribution in [0.15, 0.2) is 10.5 Å². The molecule has 29 heavy (non-hydrogen) atoms. The molecule has 0 radical (unpaired) electrons. The molecule has 3 unspecified atom stereocenters. The molecule has 5 rings (SSSR count). The van der Waals surface area contributed by atoms with E-state index in [0.717, 1.165) is 42.4 Å². The van der Waals surface area contributed by atoms with E-state index in [4.69, 9.17) is 4.42 Å². The summed E-state index contributed by atoms with van der Waals surface area (Å²) in [5.41, 5.74) is 1.43. The highest BCUT2D eigenvalue weighted by atomic mass is 16.4. The Kier molecular flexibility index (Phi) is 4.11. The van der Waals surface area contributed by atoms with Crippen LogP contribution in [0.5, 0.6) is 11.5 Å². The third-order valence-corrected chi connectivity index (χ3v) is 8.35. The van der Waals surface area contributed by atoms with Gasteiger partial charge >= 0.3 is 7.12 Å². The zero-order valence-corrected chi connectivity index (χ0v) is 17.5. The Morgan fingerprint density at radius 3 is 2.41 bits per heavy atom. The fourth-order valence-corrected chi connectivity index (χ4v) is 6.90. The zero-order chi connectivity index (χ0) is 20.7. The molecule has 156 valence electrons. The van der Waals surface area contributed by atoms with Crippen molar-refractivity contribution in [3.63, 3.8) is 0 Å². The van der Waals surface area contributed by atoms with Crippen LogP contribution in [0.2, 0.25) is 0 Å². The third kappa shape index (κ3) is 2.68. The standard InChI is InChI=1S/C23H31BO5/c1-22(2)9-4-10-23(3)16(22)8-7-13(12-5-6-12)20-17(23)14-11-15(25)19(26)18(24(27)28)21(14)29-20/h11-13,16,25-28H,4-10H2,1-3H3. The average Bonchev–Trinajstić information content (AvgIpc) is 3.40. The van der Waals surface area contributed by atoms with Gasteiger partial charge < -0.3 is 24.7 Å². The van der Waals surface area contributed by atoms with Gasteiger partial charge in [-0.15, -0.1) is 0 Å². The summed E-state index contributed by atoms with van der Waals surface area (Å²) >= 11 is 0. The Morgan fingerprint density at radius 1 is 1.03 bits per heavy atom. The van der Waals surface area contributed by atoms with Crippen LogP contribution in [-0.4, -0.2) is 27.4 Å². The van der Waals surface area contributed by atoms with Gasteiger partial charge in [-0.05, 0) is 67.3 Å². The van der Waals surface area contributed by atoms with Gasteiger partial charge in [0.2, 0.25) is 0 Å². The SMILES string of the molecule is CC1(C)CCCC2(C)c3c(oc4c(B(O)O)c(O)c(O)cc34)C(C3CC3)CCC12. The van der Waals surface area contributed by atoms with E-state index in [-0.39, 0.29) is 22.0 Å². The number of benzene rings is 1. The largest absolute Gasteiger partial charge is 0.504 e. The maximum atomic E-state index is 10.4. The van der Waals surface area contributed by atoms with Crippen molar-refractivity contribution in [2.75, 3.05) is 0 Å². The van der Waals surface area contributed by atoms with Gasteiger partial charge in [-0.2, -0.15) is 0 Å². The second kappa shape index (κ2) is 6.18. The Labute approximate surface area is 171 Å². The monoisotopic (exact) mass is 398 g/mol. The molecule has 3 aliphatic rings. The molecule has 0 aliphatic heterocycles. The normalized spacial score (nSPS) is 31.2. The smallest absolute Gasteiger partial charge is 0.496 e. The van der Waals surface area contributed by atoms with Crippen LogP contribution in [0.3, 0.4) is 0 Å². The van der Waals surface area contributed by atoms with Gasteiger partial charge in [0.15, 0.2) is 11.5 Å². The van der Waals surface area contributed by atoms with E-state index in [0.29, 0.717) is 23.3 Å². The van der Waals surface area contributed by atoms with Crippen molar-refractivity contribution in [1.82, 2.24) is 0 Å². The summed E-state index contributed by atoms with van der Waals surface area (Å²) in [6.45, 7) is 7.09. The summed E-state index contributed by atoms with van der Waals surface area (Å²) in [6, 6.07) is 1.57. The molecule has 0 spiro atoms. The van der Waals surface area contributed by atoms with E-state index in [1.807, 2.05) is 0 Å². The predicted molar refractivity (Wildman–Crippen MR) is 113 cm³/mol. The molecule has 0 saturated heterocycles. The van der Waals surface area contributed by atoms with Crippen molar-refractivity contribution in [3.05, 3.63) is 17.4 Å². The summed E-state index contributed by atoms with van der Waals surface area (Å²) in [5, 5.41) is 41.3. The summed E-state index contributed by atoms with van der Waals surface area (Å²) in [5.74, 6) is 1.55. The van der Waals surface area contributed by atoms with Crippen LogP contribution in [0.25, 0.3) is 11.0 Å². The topological polar surface area (TPSA) is 94.1 Å². The number of phenolic OH excluding ortho intramolecular Hbond substituents is 2. The quantitative estimate of drug-likeness (QED) is 0.455. The van der Waals surface area contributed by atoms with Gasteiger partial charge in [-0.1, -0.05) is 27.2 Å². The highest BCUT2D eigenvalue weighted by molar-refractivity contribution is 6.63. The van der Waals surface area contributed by atoms with Crippen molar-refractivity contribution >= 4 is 23.6 Å². The Morgan fingerprint density at radius 2 is 1.76 bits per heavy atom. The number of phenols is 2. The lowest BCUT2D eigenvalue weighted by Gasteiger charge is -2.50. The molecule has 1 aromatic carbocycles. The molecule has 0 amide bonds. The van der Waals surface area contributed by atoms with Crippen molar-refractivity contribution in [3.8, 4) is 11.5 Å². The van der Waals surface area contributed by atoms with E-state index < -0.39 is 12.9 Å². The number of furan rings is 1. The second-order valence-corrected chi connectivity index (χ2v) is 10.6. The predicted octanol–water partition coefficient (Wildman–Crippen LogP) is 3.90. The minimum Gasteiger partial charge on any atom is -0.504 e. The van der Waals surface area contributed by atoms with Crippen LogP contribution in [0, 0.1) is 17.3 Å². The van der Waals surface area contributed by atoms with Crippen LogP contribution < -0.4 is 5.46 Å². The molecular weight excluding hydrogens is 367 g/mol. The number of hydrogen-bond acceptors (Lipinski definition) is 5. The second-order valence-electron chi connectivity index (χ2n) is 10.6. The lowest BCUT2D eigenvalue weighted by atomic mass is 9.53. The van der Waals surface area contributed by atoms with Crippen LogP contribution in [-0.2, 0) is 5.41 Å². The molecule has 3 atom stereocenters. The maximum absolute atomic E-state index is 10.4. The Balaban J connectivity index is 1.85. The zero-order valence-electron chi connectivity index (χ0n) is 17.5. The molecule has 4 N–H and O–H groups in total. The molecule has 2 fully saturated rings. The Hall–Kier alpha value is -1.66. The molecule has 1 heterocycles. The lowest BCUT2D eigenvalue weighted by Crippen LogP contribution is -2.44. The van der Waals surface area contributed by atoms with Crippen molar-refractivity contribution in [1.29, 1.82) is 0 Å². The molecule has 5 nitrogen and oxygen atoms in total. The first-order valence-corrected chi connectivity index (χ1v) is 11.0. The van der Waals surface area contributed by atoms with Crippen molar-refractivity contribution in [2.45, 2.75) is 77.0 Å². The van der Waals surface area contributed by atoms with E-state index in [1.165, 1.54) is 19.3 Å².